The predicted octanol–water partition coefficient (Wildman–Crippen LogP) is 2.12. The van der Waals surface area contributed by atoms with E-state index in [4.69, 9.17) is 11.6 Å². The van der Waals surface area contributed by atoms with Gasteiger partial charge in [0, 0.05) is 50.4 Å². The summed E-state index contributed by atoms with van der Waals surface area (Å²) in [5.74, 6) is 0.161. The zero-order valence-corrected chi connectivity index (χ0v) is 12.9. The van der Waals surface area contributed by atoms with Crippen LogP contribution in [0, 0.1) is 0 Å². The standard InChI is InChI=1S/C15H22ClN3O/c1-3-17-11-13-10-14(16)4-5-15(13)19-8-6-18(7-9-19)12(2)20/h4-5,10,17H,3,6-9,11H2,1-2H3. The molecular weight excluding hydrogens is 274 g/mol. The highest BCUT2D eigenvalue weighted by Crippen LogP contribution is 2.25. The van der Waals surface area contributed by atoms with Crippen molar-refractivity contribution in [2.75, 3.05) is 37.6 Å². The second-order valence-electron chi connectivity index (χ2n) is 5.05. The van der Waals surface area contributed by atoms with Crippen LogP contribution in [0.4, 0.5) is 5.69 Å². The van der Waals surface area contributed by atoms with Crippen LogP contribution in [0.2, 0.25) is 5.02 Å². The van der Waals surface area contributed by atoms with Crippen molar-refractivity contribution >= 4 is 23.2 Å². The molecule has 1 aliphatic heterocycles. The number of rotatable bonds is 4. The lowest BCUT2D eigenvalue weighted by Gasteiger charge is -2.36. The van der Waals surface area contributed by atoms with E-state index in [2.05, 4.69) is 23.2 Å². The summed E-state index contributed by atoms with van der Waals surface area (Å²) in [6, 6.07) is 6.04. The summed E-state index contributed by atoms with van der Waals surface area (Å²) in [6.07, 6.45) is 0. The molecule has 0 bridgehead atoms. The molecule has 1 aromatic carbocycles. The van der Waals surface area contributed by atoms with Crippen molar-refractivity contribution in [1.82, 2.24) is 10.2 Å². The number of benzene rings is 1. The van der Waals surface area contributed by atoms with E-state index < -0.39 is 0 Å². The van der Waals surface area contributed by atoms with Gasteiger partial charge in [0.15, 0.2) is 0 Å². The van der Waals surface area contributed by atoms with Crippen molar-refractivity contribution in [2.24, 2.45) is 0 Å². The SMILES string of the molecule is CCNCc1cc(Cl)ccc1N1CCN(C(C)=O)CC1. The molecule has 1 aliphatic rings. The molecule has 110 valence electrons. The first kappa shape index (κ1) is 15.1. The van der Waals surface area contributed by atoms with Gasteiger partial charge in [-0.3, -0.25) is 4.79 Å². The van der Waals surface area contributed by atoms with Gasteiger partial charge in [-0.05, 0) is 30.3 Å². The maximum absolute atomic E-state index is 11.4. The Morgan fingerprint density at radius 1 is 1.30 bits per heavy atom. The van der Waals surface area contributed by atoms with Crippen molar-refractivity contribution in [1.29, 1.82) is 0 Å². The summed E-state index contributed by atoms with van der Waals surface area (Å²) in [5, 5.41) is 4.12. The fourth-order valence-corrected chi connectivity index (χ4v) is 2.72. The molecule has 0 spiro atoms. The molecule has 1 heterocycles. The predicted molar refractivity (Wildman–Crippen MR) is 83.3 cm³/mol. The highest BCUT2D eigenvalue weighted by atomic mass is 35.5. The van der Waals surface area contributed by atoms with Crippen LogP contribution in [-0.2, 0) is 11.3 Å². The van der Waals surface area contributed by atoms with Gasteiger partial charge in [0.05, 0.1) is 0 Å². The average Bonchev–Trinajstić information content (AvgIpc) is 2.45. The number of halogens is 1. The minimum atomic E-state index is 0.161. The molecule has 1 saturated heterocycles. The quantitative estimate of drug-likeness (QED) is 0.924. The lowest BCUT2D eigenvalue weighted by atomic mass is 10.1. The Labute approximate surface area is 125 Å². The zero-order chi connectivity index (χ0) is 14.5. The normalized spacial score (nSPS) is 15.6. The number of carbonyl (C=O) groups excluding carboxylic acids is 1. The molecule has 0 unspecified atom stereocenters. The van der Waals surface area contributed by atoms with Crippen molar-refractivity contribution in [3.05, 3.63) is 28.8 Å². The van der Waals surface area contributed by atoms with Crippen LogP contribution >= 0.6 is 11.6 Å². The van der Waals surface area contributed by atoms with Crippen LogP contribution < -0.4 is 10.2 Å². The lowest BCUT2D eigenvalue weighted by Crippen LogP contribution is -2.48. The van der Waals surface area contributed by atoms with E-state index in [1.165, 1.54) is 11.3 Å². The van der Waals surface area contributed by atoms with Gasteiger partial charge in [-0.15, -0.1) is 0 Å². The van der Waals surface area contributed by atoms with Crippen LogP contribution in [0.25, 0.3) is 0 Å². The Balaban J connectivity index is 2.10. The van der Waals surface area contributed by atoms with Gasteiger partial charge in [-0.25, -0.2) is 0 Å². The Hall–Kier alpha value is -1.26. The largest absolute Gasteiger partial charge is 0.368 e. The molecular formula is C15H22ClN3O. The second kappa shape index (κ2) is 6.95. The summed E-state index contributed by atoms with van der Waals surface area (Å²) < 4.78 is 0. The Morgan fingerprint density at radius 3 is 2.60 bits per heavy atom. The zero-order valence-electron chi connectivity index (χ0n) is 12.2. The van der Waals surface area contributed by atoms with E-state index in [9.17, 15) is 4.79 Å². The van der Waals surface area contributed by atoms with E-state index in [-0.39, 0.29) is 5.91 Å². The van der Waals surface area contributed by atoms with Crippen LogP contribution in [0.5, 0.6) is 0 Å². The second-order valence-corrected chi connectivity index (χ2v) is 5.48. The van der Waals surface area contributed by atoms with E-state index in [1.807, 2.05) is 17.0 Å². The third-order valence-corrected chi connectivity index (χ3v) is 3.91. The smallest absolute Gasteiger partial charge is 0.219 e. The molecule has 1 aromatic rings. The van der Waals surface area contributed by atoms with E-state index in [1.54, 1.807) is 6.92 Å². The fraction of sp³-hybridized carbons (Fsp3) is 0.533. The summed E-state index contributed by atoms with van der Waals surface area (Å²) in [5.41, 5.74) is 2.44. The van der Waals surface area contributed by atoms with Crippen molar-refractivity contribution < 1.29 is 4.79 Å². The summed E-state index contributed by atoms with van der Waals surface area (Å²) in [7, 11) is 0. The van der Waals surface area contributed by atoms with Gasteiger partial charge in [0.2, 0.25) is 5.91 Å². The topological polar surface area (TPSA) is 35.6 Å². The maximum Gasteiger partial charge on any atom is 0.219 e. The van der Waals surface area contributed by atoms with Crippen molar-refractivity contribution in [3.63, 3.8) is 0 Å². The molecule has 0 aromatic heterocycles. The highest BCUT2D eigenvalue weighted by molar-refractivity contribution is 6.30. The molecule has 0 aliphatic carbocycles. The first-order valence-electron chi connectivity index (χ1n) is 7.11. The molecule has 20 heavy (non-hydrogen) atoms. The number of hydrogen-bond acceptors (Lipinski definition) is 3. The molecule has 1 N–H and O–H groups in total. The highest BCUT2D eigenvalue weighted by Gasteiger charge is 2.20. The number of piperazine rings is 1. The fourth-order valence-electron chi connectivity index (χ4n) is 2.53. The van der Waals surface area contributed by atoms with Gasteiger partial charge in [0.25, 0.3) is 0 Å². The van der Waals surface area contributed by atoms with Crippen molar-refractivity contribution in [2.45, 2.75) is 20.4 Å². The monoisotopic (exact) mass is 295 g/mol. The van der Waals surface area contributed by atoms with E-state index in [0.29, 0.717) is 0 Å². The summed E-state index contributed by atoms with van der Waals surface area (Å²) in [6.45, 7) is 8.81. The van der Waals surface area contributed by atoms with Crippen LogP contribution in [-0.4, -0.2) is 43.5 Å². The molecule has 5 heteroatoms. The summed E-state index contributed by atoms with van der Waals surface area (Å²) >= 11 is 6.10. The molecule has 0 radical (unpaired) electrons. The lowest BCUT2D eigenvalue weighted by molar-refractivity contribution is -0.129. The van der Waals surface area contributed by atoms with E-state index in [0.717, 1.165) is 44.3 Å². The number of nitrogens with zero attached hydrogens (tertiary/aromatic N) is 2. The minimum absolute atomic E-state index is 0.161. The van der Waals surface area contributed by atoms with Crippen LogP contribution in [0.1, 0.15) is 19.4 Å². The third-order valence-electron chi connectivity index (χ3n) is 3.67. The first-order valence-corrected chi connectivity index (χ1v) is 7.49. The Kier molecular flexibility index (Phi) is 5.26. The van der Waals surface area contributed by atoms with Gasteiger partial charge in [0.1, 0.15) is 0 Å². The number of hydrogen-bond donors (Lipinski definition) is 1. The summed E-state index contributed by atoms with van der Waals surface area (Å²) in [4.78, 5) is 15.6. The van der Waals surface area contributed by atoms with Gasteiger partial charge >= 0.3 is 0 Å². The Morgan fingerprint density at radius 2 is 2.00 bits per heavy atom. The third kappa shape index (κ3) is 3.64. The van der Waals surface area contributed by atoms with Crippen molar-refractivity contribution in [3.8, 4) is 0 Å². The molecule has 1 fully saturated rings. The molecule has 4 nitrogen and oxygen atoms in total. The van der Waals surface area contributed by atoms with E-state index >= 15 is 0 Å². The number of amides is 1. The molecule has 1 amide bonds. The minimum Gasteiger partial charge on any atom is -0.368 e. The van der Waals surface area contributed by atoms with Gasteiger partial charge in [-0.2, -0.15) is 0 Å². The van der Waals surface area contributed by atoms with Gasteiger partial charge in [-0.1, -0.05) is 18.5 Å². The maximum atomic E-state index is 11.4. The number of carbonyl (C=O) groups is 1. The molecule has 0 saturated carbocycles. The number of anilines is 1. The van der Waals surface area contributed by atoms with Crippen LogP contribution in [0.15, 0.2) is 18.2 Å². The molecule has 2 rings (SSSR count). The molecule has 0 atom stereocenters. The average molecular weight is 296 g/mol. The van der Waals surface area contributed by atoms with Gasteiger partial charge < -0.3 is 15.1 Å². The Bertz CT molecular complexity index is 470. The van der Waals surface area contributed by atoms with Crippen LogP contribution in [0.3, 0.4) is 0 Å². The first-order chi connectivity index (χ1) is 9.61. The number of nitrogens with one attached hydrogen (secondary N) is 1.